The molecule has 0 aromatic heterocycles. The van der Waals surface area contributed by atoms with Crippen LogP contribution in [-0.4, -0.2) is 36.6 Å². The fraction of sp³-hybridized carbons (Fsp3) is 0.923. The average molecular weight is 383 g/mol. The van der Waals surface area contributed by atoms with E-state index in [4.69, 9.17) is 0 Å². The quantitative estimate of drug-likeness (QED) is 0.445. The van der Waals surface area contributed by atoms with Crippen LogP contribution in [0.1, 0.15) is 33.1 Å². The fourth-order valence-corrected chi connectivity index (χ4v) is 3.62. The van der Waals surface area contributed by atoms with Crippen molar-refractivity contribution in [1.29, 1.82) is 0 Å². The van der Waals surface area contributed by atoms with Crippen LogP contribution in [0.25, 0.3) is 0 Å². The summed E-state index contributed by atoms with van der Waals surface area (Å²) in [6, 6.07) is 0. The van der Waals surface area contributed by atoms with Gasteiger partial charge in [-0.1, -0.05) is 6.92 Å². The number of nitrogens with one attached hydrogen (secondary N) is 2. The third-order valence-electron chi connectivity index (χ3n) is 3.96. The van der Waals surface area contributed by atoms with Crippen molar-refractivity contribution in [3.63, 3.8) is 0 Å². The van der Waals surface area contributed by atoms with Gasteiger partial charge >= 0.3 is 0 Å². The number of hydrogen-bond acceptors (Lipinski definition) is 2. The van der Waals surface area contributed by atoms with Gasteiger partial charge in [-0.15, -0.1) is 24.0 Å². The summed E-state index contributed by atoms with van der Waals surface area (Å²) in [5.41, 5.74) is 0. The van der Waals surface area contributed by atoms with Crippen molar-refractivity contribution in [1.82, 2.24) is 10.6 Å². The lowest BCUT2D eigenvalue weighted by Crippen LogP contribution is -2.44. The van der Waals surface area contributed by atoms with E-state index in [0.29, 0.717) is 4.75 Å². The summed E-state index contributed by atoms with van der Waals surface area (Å²) in [4.78, 5) is 4.29. The Bertz CT molecular complexity index is 290. The van der Waals surface area contributed by atoms with Gasteiger partial charge in [0.05, 0.1) is 0 Å². The number of rotatable bonds is 4. The molecule has 2 rings (SSSR count). The number of thioether (sulfide) groups is 1. The topological polar surface area (TPSA) is 36.4 Å². The van der Waals surface area contributed by atoms with Gasteiger partial charge in [-0.2, -0.15) is 11.8 Å². The maximum atomic E-state index is 4.29. The number of aliphatic imine (C=N–C) groups is 1. The van der Waals surface area contributed by atoms with E-state index < -0.39 is 0 Å². The van der Waals surface area contributed by atoms with E-state index in [1.165, 1.54) is 25.0 Å². The van der Waals surface area contributed by atoms with Crippen LogP contribution in [-0.2, 0) is 0 Å². The Morgan fingerprint density at radius 2 is 2.17 bits per heavy atom. The monoisotopic (exact) mass is 383 g/mol. The summed E-state index contributed by atoms with van der Waals surface area (Å²) in [6.07, 6.45) is 4.05. The van der Waals surface area contributed by atoms with Crippen molar-refractivity contribution in [2.45, 2.75) is 37.9 Å². The van der Waals surface area contributed by atoms with Crippen molar-refractivity contribution in [2.75, 3.05) is 25.9 Å². The minimum absolute atomic E-state index is 0. The summed E-state index contributed by atoms with van der Waals surface area (Å²) in [5, 5.41) is 6.90. The highest BCUT2D eigenvalue weighted by atomic mass is 127. The Hall–Kier alpha value is 0.350. The van der Waals surface area contributed by atoms with E-state index in [2.05, 4.69) is 41.2 Å². The zero-order valence-corrected chi connectivity index (χ0v) is 14.8. The normalized spacial score (nSPS) is 34.9. The molecule has 1 saturated heterocycles. The van der Waals surface area contributed by atoms with Gasteiger partial charge in [0.2, 0.25) is 0 Å². The maximum Gasteiger partial charge on any atom is 0.191 e. The molecule has 1 aliphatic carbocycles. The van der Waals surface area contributed by atoms with Crippen LogP contribution >= 0.6 is 35.7 Å². The second-order valence-corrected chi connectivity index (χ2v) is 7.36. The molecule has 3 unspecified atom stereocenters. The summed E-state index contributed by atoms with van der Waals surface area (Å²) < 4.78 is 0.407. The number of hydrogen-bond donors (Lipinski definition) is 2. The summed E-state index contributed by atoms with van der Waals surface area (Å²) in [6.45, 7) is 6.77. The molecule has 5 heteroatoms. The predicted molar refractivity (Wildman–Crippen MR) is 92.1 cm³/mol. The lowest BCUT2D eigenvalue weighted by Gasteiger charge is -2.24. The largest absolute Gasteiger partial charge is 0.356 e. The molecule has 3 atom stereocenters. The highest BCUT2D eigenvalue weighted by molar-refractivity contribution is 14.0. The van der Waals surface area contributed by atoms with Crippen molar-refractivity contribution in [3.8, 4) is 0 Å². The van der Waals surface area contributed by atoms with Crippen LogP contribution in [0, 0.1) is 11.8 Å². The smallest absolute Gasteiger partial charge is 0.191 e. The zero-order chi connectivity index (χ0) is 12.3. The molecular weight excluding hydrogens is 357 g/mol. The molecule has 0 spiro atoms. The third-order valence-corrected chi connectivity index (χ3v) is 5.50. The molecule has 3 nitrogen and oxygen atoms in total. The number of guanidine groups is 1. The lowest BCUT2D eigenvalue weighted by molar-refractivity contribution is 0.582. The summed E-state index contributed by atoms with van der Waals surface area (Å²) in [5.74, 6) is 4.05. The first-order valence-electron chi connectivity index (χ1n) is 6.71. The van der Waals surface area contributed by atoms with Crippen molar-refractivity contribution in [3.05, 3.63) is 0 Å². The molecule has 106 valence electrons. The van der Waals surface area contributed by atoms with Crippen LogP contribution in [0.4, 0.5) is 0 Å². The highest BCUT2D eigenvalue weighted by Crippen LogP contribution is 2.37. The fourth-order valence-electron chi connectivity index (χ4n) is 2.38. The Morgan fingerprint density at radius 3 is 2.67 bits per heavy atom. The number of halogens is 1. The molecule has 2 aliphatic rings. The Labute approximate surface area is 132 Å². The second kappa shape index (κ2) is 7.22. The van der Waals surface area contributed by atoms with Gasteiger partial charge in [-0.25, -0.2) is 0 Å². The van der Waals surface area contributed by atoms with Gasteiger partial charge in [0.1, 0.15) is 0 Å². The van der Waals surface area contributed by atoms with E-state index in [-0.39, 0.29) is 24.0 Å². The summed E-state index contributed by atoms with van der Waals surface area (Å²) in [7, 11) is 1.86. The van der Waals surface area contributed by atoms with Gasteiger partial charge in [0, 0.05) is 24.9 Å². The Balaban J connectivity index is 0.00000162. The molecule has 1 saturated carbocycles. The first kappa shape index (κ1) is 16.4. The SMILES string of the molecule is CN=C(NCC1CC1C)NCC1(C)CCCS1.I. The minimum atomic E-state index is 0. The molecular formula is C13H26IN3S. The molecule has 2 fully saturated rings. The van der Waals surface area contributed by atoms with Crippen LogP contribution in [0.3, 0.4) is 0 Å². The molecule has 1 heterocycles. The predicted octanol–water partition coefficient (Wildman–Crippen LogP) is 2.71. The van der Waals surface area contributed by atoms with Gasteiger partial charge in [0.25, 0.3) is 0 Å². The van der Waals surface area contributed by atoms with Crippen LogP contribution in [0.5, 0.6) is 0 Å². The Kier molecular flexibility index (Phi) is 6.58. The van der Waals surface area contributed by atoms with E-state index >= 15 is 0 Å². The van der Waals surface area contributed by atoms with E-state index in [1.807, 2.05) is 7.05 Å². The van der Waals surface area contributed by atoms with Crippen molar-refractivity contribution >= 4 is 41.7 Å². The number of nitrogens with zero attached hydrogens (tertiary/aromatic N) is 1. The van der Waals surface area contributed by atoms with Crippen LogP contribution in [0.15, 0.2) is 4.99 Å². The van der Waals surface area contributed by atoms with Gasteiger partial charge < -0.3 is 10.6 Å². The second-order valence-electron chi connectivity index (χ2n) is 5.68. The first-order chi connectivity index (χ1) is 8.13. The van der Waals surface area contributed by atoms with Crippen LogP contribution < -0.4 is 10.6 Å². The molecule has 0 amide bonds. The minimum Gasteiger partial charge on any atom is -0.356 e. The Morgan fingerprint density at radius 1 is 1.44 bits per heavy atom. The molecule has 18 heavy (non-hydrogen) atoms. The van der Waals surface area contributed by atoms with Crippen molar-refractivity contribution < 1.29 is 0 Å². The lowest BCUT2D eigenvalue weighted by atomic mass is 10.1. The van der Waals surface area contributed by atoms with Gasteiger partial charge in [-0.05, 0) is 43.8 Å². The molecule has 1 aliphatic heterocycles. The van der Waals surface area contributed by atoms with Crippen molar-refractivity contribution in [2.24, 2.45) is 16.8 Å². The summed E-state index contributed by atoms with van der Waals surface area (Å²) >= 11 is 2.09. The standard InChI is InChI=1S/C13H25N3S.HI/c1-10-7-11(10)8-15-12(14-3)16-9-13(2)5-4-6-17-13;/h10-11H,4-9H2,1-3H3,(H2,14,15,16);1H. The third kappa shape index (κ3) is 4.79. The van der Waals surface area contributed by atoms with E-state index in [0.717, 1.165) is 30.9 Å². The molecule has 2 N–H and O–H groups in total. The van der Waals surface area contributed by atoms with Gasteiger partial charge in [0.15, 0.2) is 5.96 Å². The first-order valence-corrected chi connectivity index (χ1v) is 7.70. The van der Waals surface area contributed by atoms with E-state index in [9.17, 15) is 0 Å². The molecule has 0 aromatic carbocycles. The van der Waals surface area contributed by atoms with Gasteiger partial charge in [-0.3, -0.25) is 4.99 Å². The maximum absolute atomic E-state index is 4.29. The van der Waals surface area contributed by atoms with Crippen LogP contribution in [0.2, 0.25) is 0 Å². The van der Waals surface area contributed by atoms with E-state index in [1.54, 1.807) is 0 Å². The molecule has 0 aromatic rings. The highest BCUT2D eigenvalue weighted by Gasteiger charge is 2.32. The molecule has 0 radical (unpaired) electrons. The molecule has 0 bridgehead atoms. The zero-order valence-electron chi connectivity index (χ0n) is 11.7. The average Bonchev–Trinajstić information content (AvgIpc) is 2.84.